The number of thioether (sulfide) groups is 1. The molecule has 1 aliphatic rings. The van der Waals surface area contributed by atoms with Crippen LogP contribution in [0.5, 0.6) is 5.75 Å². The summed E-state index contributed by atoms with van der Waals surface area (Å²) in [5.74, 6) is 0.355. The predicted octanol–water partition coefficient (Wildman–Crippen LogP) is 3.66. The van der Waals surface area contributed by atoms with Gasteiger partial charge < -0.3 is 9.84 Å². The van der Waals surface area contributed by atoms with Gasteiger partial charge in [0, 0.05) is 5.75 Å². The number of nitrogens with zero attached hydrogens (tertiary/aromatic N) is 1. The van der Waals surface area contributed by atoms with Crippen LogP contribution in [-0.2, 0) is 16.0 Å². The highest BCUT2D eigenvalue weighted by molar-refractivity contribution is 8.04. The molecular formula is C22H23NO4S. The molecule has 2 amide bonds. The number of benzene rings is 2. The Balaban J connectivity index is 1.99. The maximum atomic E-state index is 13.2. The SMILES string of the molecule is CCOc1ccc(C2=C(SCCO)C(=O)N(c3ccc(CC)cc3)C2=O)cc1. The fraction of sp³-hybridized carbons (Fsp3) is 0.273. The minimum atomic E-state index is -0.350. The third kappa shape index (κ3) is 3.98. The minimum Gasteiger partial charge on any atom is -0.494 e. The number of hydrogen-bond donors (Lipinski definition) is 1. The number of aliphatic hydroxyl groups excluding tert-OH is 1. The van der Waals surface area contributed by atoms with E-state index in [0.717, 1.165) is 12.0 Å². The maximum absolute atomic E-state index is 13.2. The summed E-state index contributed by atoms with van der Waals surface area (Å²) in [5.41, 5.74) is 2.72. The van der Waals surface area contributed by atoms with Gasteiger partial charge in [-0.05, 0) is 48.7 Å². The van der Waals surface area contributed by atoms with Crippen molar-refractivity contribution in [2.45, 2.75) is 20.3 Å². The number of aliphatic hydroxyl groups is 1. The van der Waals surface area contributed by atoms with E-state index in [4.69, 9.17) is 4.74 Å². The molecule has 0 radical (unpaired) electrons. The lowest BCUT2D eigenvalue weighted by molar-refractivity contribution is -0.119. The average molecular weight is 397 g/mol. The first kappa shape index (κ1) is 20.2. The average Bonchev–Trinajstić information content (AvgIpc) is 2.97. The molecule has 3 rings (SSSR count). The zero-order valence-corrected chi connectivity index (χ0v) is 16.8. The van der Waals surface area contributed by atoms with Gasteiger partial charge in [0.05, 0.1) is 29.4 Å². The van der Waals surface area contributed by atoms with E-state index in [1.54, 1.807) is 36.4 Å². The summed E-state index contributed by atoms with van der Waals surface area (Å²) in [5, 5.41) is 9.20. The first-order chi connectivity index (χ1) is 13.6. The number of carbonyl (C=O) groups is 2. The topological polar surface area (TPSA) is 66.8 Å². The number of imide groups is 1. The van der Waals surface area contributed by atoms with E-state index in [0.29, 0.717) is 39.8 Å². The van der Waals surface area contributed by atoms with E-state index in [-0.39, 0.29) is 18.4 Å². The monoisotopic (exact) mass is 397 g/mol. The van der Waals surface area contributed by atoms with Gasteiger partial charge in [-0.2, -0.15) is 0 Å². The molecule has 146 valence electrons. The van der Waals surface area contributed by atoms with Gasteiger partial charge in [-0.25, -0.2) is 4.90 Å². The Morgan fingerprint density at radius 3 is 2.21 bits per heavy atom. The quantitative estimate of drug-likeness (QED) is 0.689. The maximum Gasteiger partial charge on any atom is 0.272 e. The predicted molar refractivity (Wildman–Crippen MR) is 112 cm³/mol. The highest BCUT2D eigenvalue weighted by atomic mass is 32.2. The van der Waals surface area contributed by atoms with Crippen LogP contribution in [0.2, 0.25) is 0 Å². The van der Waals surface area contributed by atoms with Crippen LogP contribution in [0.15, 0.2) is 53.4 Å². The number of ether oxygens (including phenoxy) is 1. The molecule has 2 aromatic carbocycles. The van der Waals surface area contributed by atoms with Gasteiger partial charge in [-0.15, -0.1) is 11.8 Å². The zero-order chi connectivity index (χ0) is 20.1. The molecule has 1 N–H and O–H groups in total. The minimum absolute atomic E-state index is 0.0720. The molecule has 5 nitrogen and oxygen atoms in total. The lowest BCUT2D eigenvalue weighted by atomic mass is 10.1. The fourth-order valence-electron chi connectivity index (χ4n) is 3.05. The van der Waals surface area contributed by atoms with E-state index in [1.165, 1.54) is 16.7 Å². The van der Waals surface area contributed by atoms with Crippen LogP contribution >= 0.6 is 11.8 Å². The van der Waals surface area contributed by atoms with Crippen molar-refractivity contribution in [2.24, 2.45) is 0 Å². The Morgan fingerprint density at radius 1 is 0.964 bits per heavy atom. The summed E-state index contributed by atoms with van der Waals surface area (Å²) < 4.78 is 5.46. The van der Waals surface area contributed by atoms with Gasteiger partial charge in [-0.1, -0.05) is 31.2 Å². The molecular weight excluding hydrogens is 374 g/mol. The van der Waals surface area contributed by atoms with Crippen molar-refractivity contribution in [3.63, 3.8) is 0 Å². The van der Waals surface area contributed by atoms with Gasteiger partial charge in [0.15, 0.2) is 0 Å². The molecule has 0 spiro atoms. The number of amides is 2. The van der Waals surface area contributed by atoms with Crippen LogP contribution in [0.1, 0.15) is 25.0 Å². The molecule has 1 heterocycles. The lowest BCUT2D eigenvalue weighted by Crippen LogP contribution is -2.31. The molecule has 2 aromatic rings. The Morgan fingerprint density at radius 2 is 1.64 bits per heavy atom. The standard InChI is InChI=1S/C22H23NO4S/c1-3-15-5-9-17(10-6-15)23-21(25)19(20(22(23)26)28-14-13-24)16-7-11-18(12-8-16)27-4-2/h5-12,24H,3-4,13-14H2,1-2H3. The van der Waals surface area contributed by atoms with Crippen LogP contribution in [-0.4, -0.2) is 35.9 Å². The van der Waals surface area contributed by atoms with Crippen molar-refractivity contribution in [1.29, 1.82) is 0 Å². The highest BCUT2D eigenvalue weighted by Crippen LogP contribution is 2.38. The molecule has 0 atom stereocenters. The van der Waals surface area contributed by atoms with Gasteiger partial charge in [-0.3, -0.25) is 9.59 Å². The van der Waals surface area contributed by atoms with Gasteiger partial charge in [0.2, 0.25) is 0 Å². The third-order valence-electron chi connectivity index (χ3n) is 4.44. The first-order valence-corrected chi connectivity index (χ1v) is 10.3. The number of carbonyl (C=O) groups excluding carboxylic acids is 2. The molecule has 0 fully saturated rings. The molecule has 1 aliphatic heterocycles. The van der Waals surface area contributed by atoms with Crippen LogP contribution in [0.3, 0.4) is 0 Å². The summed E-state index contributed by atoms with van der Waals surface area (Å²) in [4.78, 5) is 27.8. The molecule has 0 aliphatic carbocycles. The van der Waals surface area contributed by atoms with E-state index in [9.17, 15) is 14.7 Å². The lowest BCUT2D eigenvalue weighted by Gasteiger charge is -2.15. The Hall–Kier alpha value is -2.57. The van der Waals surface area contributed by atoms with Gasteiger partial charge in [0.25, 0.3) is 11.8 Å². The Kier molecular flexibility index (Phi) is 6.54. The van der Waals surface area contributed by atoms with Crippen molar-refractivity contribution < 1.29 is 19.4 Å². The normalized spacial score (nSPS) is 14.2. The van der Waals surface area contributed by atoms with Crippen LogP contribution in [0.4, 0.5) is 5.69 Å². The summed E-state index contributed by atoms with van der Waals surface area (Å²) in [6.07, 6.45) is 0.884. The molecule has 0 aromatic heterocycles. The van der Waals surface area contributed by atoms with E-state index in [1.807, 2.05) is 19.1 Å². The summed E-state index contributed by atoms with van der Waals surface area (Å²) in [6, 6.07) is 14.6. The van der Waals surface area contributed by atoms with Crippen molar-refractivity contribution in [1.82, 2.24) is 0 Å². The molecule has 0 unspecified atom stereocenters. The van der Waals surface area contributed by atoms with Gasteiger partial charge >= 0.3 is 0 Å². The number of rotatable bonds is 8. The molecule has 28 heavy (non-hydrogen) atoms. The molecule has 0 bridgehead atoms. The molecule has 6 heteroatoms. The Bertz CT molecular complexity index is 888. The van der Waals surface area contributed by atoms with E-state index < -0.39 is 0 Å². The van der Waals surface area contributed by atoms with Crippen molar-refractivity contribution in [3.05, 3.63) is 64.6 Å². The number of aryl methyl sites for hydroxylation is 1. The second-order valence-electron chi connectivity index (χ2n) is 6.20. The van der Waals surface area contributed by atoms with Gasteiger partial charge in [0.1, 0.15) is 5.75 Å². The largest absolute Gasteiger partial charge is 0.494 e. The second kappa shape index (κ2) is 9.08. The summed E-state index contributed by atoms with van der Waals surface area (Å²) in [7, 11) is 0. The summed E-state index contributed by atoms with van der Waals surface area (Å²) in [6.45, 7) is 4.44. The van der Waals surface area contributed by atoms with E-state index in [2.05, 4.69) is 6.92 Å². The Labute approximate surface area is 169 Å². The van der Waals surface area contributed by atoms with Crippen LogP contribution in [0, 0.1) is 0 Å². The second-order valence-corrected chi connectivity index (χ2v) is 7.30. The smallest absolute Gasteiger partial charge is 0.272 e. The molecule has 0 saturated heterocycles. The fourth-order valence-corrected chi connectivity index (χ4v) is 3.91. The van der Waals surface area contributed by atoms with Crippen molar-refractivity contribution >= 4 is 34.8 Å². The number of hydrogen-bond acceptors (Lipinski definition) is 5. The van der Waals surface area contributed by atoms with E-state index >= 15 is 0 Å². The first-order valence-electron chi connectivity index (χ1n) is 9.29. The number of anilines is 1. The summed E-state index contributed by atoms with van der Waals surface area (Å²) >= 11 is 1.21. The third-order valence-corrected chi connectivity index (χ3v) is 5.49. The van der Waals surface area contributed by atoms with Crippen LogP contribution in [0.25, 0.3) is 5.57 Å². The van der Waals surface area contributed by atoms with Crippen molar-refractivity contribution in [2.75, 3.05) is 23.9 Å². The zero-order valence-electron chi connectivity index (χ0n) is 16.0. The highest BCUT2D eigenvalue weighted by Gasteiger charge is 2.40. The molecule has 0 saturated carbocycles. The van der Waals surface area contributed by atoms with Crippen molar-refractivity contribution in [3.8, 4) is 5.75 Å². The van der Waals surface area contributed by atoms with Crippen LogP contribution < -0.4 is 9.64 Å².